The maximum atomic E-state index is 11.8. The number of carbonyl (C=O) groups excluding carboxylic acids is 1. The topological polar surface area (TPSA) is 92.4 Å². The van der Waals surface area contributed by atoms with Gasteiger partial charge in [0.15, 0.2) is 0 Å². The molecule has 19 heavy (non-hydrogen) atoms. The Kier molecular flexibility index (Phi) is 5.51. The minimum Gasteiger partial charge on any atom is -0.478 e. The highest BCUT2D eigenvalue weighted by atomic mass is 16.4. The molecule has 4 N–H and O–H groups in total. The number of hydrogen-bond donors (Lipinski definition) is 3. The Morgan fingerprint density at radius 1 is 1.42 bits per heavy atom. The van der Waals surface area contributed by atoms with Gasteiger partial charge in [-0.2, -0.15) is 0 Å². The summed E-state index contributed by atoms with van der Waals surface area (Å²) in [4.78, 5) is 22.6. The van der Waals surface area contributed by atoms with Crippen LogP contribution in [0, 0.1) is 12.8 Å². The Morgan fingerprint density at radius 2 is 2.11 bits per heavy atom. The van der Waals surface area contributed by atoms with Gasteiger partial charge in [-0.1, -0.05) is 13.0 Å². The molecule has 1 unspecified atom stereocenters. The van der Waals surface area contributed by atoms with Crippen LogP contribution >= 0.6 is 0 Å². The van der Waals surface area contributed by atoms with Crippen molar-refractivity contribution in [2.45, 2.75) is 26.7 Å². The van der Waals surface area contributed by atoms with Crippen LogP contribution in [0.2, 0.25) is 0 Å². The number of carboxylic acid groups (broad SMARTS) is 1. The Bertz CT molecular complexity index is 472. The summed E-state index contributed by atoms with van der Waals surface area (Å²) < 4.78 is 0. The van der Waals surface area contributed by atoms with Gasteiger partial charge in [-0.25, -0.2) is 4.79 Å². The zero-order valence-electron chi connectivity index (χ0n) is 11.3. The quantitative estimate of drug-likeness (QED) is 0.732. The van der Waals surface area contributed by atoms with E-state index in [1.165, 1.54) is 12.1 Å². The number of hydrogen-bond acceptors (Lipinski definition) is 3. The predicted octanol–water partition coefficient (Wildman–Crippen LogP) is 2.01. The van der Waals surface area contributed by atoms with E-state index in [2.05, 4.69) is 5.32 Å². The minimum absolute atomic E-state index is 0.120. The van der Waals surface area contributed by atoms with Crippen LogP contribution in [0.25, 0.3) is 0 Å². The van der Waals surface area contributed by atoms with Gasteiger partial charge in [0, 0.05) is 12.1 Å². The van der Waals surface area contributed by atoms with Crippen LogP contribution in [-0.2, 0) is 4.79 Å². The first-order valence-electron chi connectivity index (χ1n) is 6.28. The lowest BCUT2D eigenvalue weighted by atomic mass is 10.1. The lowest BCUT2D eigenvalue weighted by Gasteiger charge is -2.11. The summed E-state index contributed by atoms with van der Waals surface area (Å²) in [5.41, 5.74) is 7.04. The molecule has 5 nitrogen and oxygen atoms in total. The van der Waals surface area contributed by atoms with Gasteiger partial charge < -0.3 is 16.2 Å². The Morgan fingerprint density at radius 3 is 2.68 bits per heavy atom. The number of aromatic carboxylic acids is 1. The monoisotopic (exact) mass is 264 g/mol. The standard InChI is InChI=1S/C14H20N2O3/c1-9(8-15)3-6-13(17)16-12-7-11(14(18)19)5-4-10(12)2/h4-5,7,9H,3,6,8,15H2,1-2H3,(H,16,17)(H,18,19). The highest BCUT2D eigenvalue weighted by molar-refractivity contribution is 5.94. The van der Waals surface area contributed by atoms with Gasteiger partial charge in [0.05, 0.1) is 5.56 Å². The fraction of sp³-hybridized carbons (Fsp3) is 0.429. The van der Waals surface area contributed by atoms with Crippen LogP contribution in [0.4, 0.5) is 5.69 Å². The van der Waals surface area contributed by atoms with E-state index in [0.717, 1.165) is 12.0 Å². The van der Waals surface area contributed by atoms with E-state index < -0.39 is 5.97 Å². The predicted molar refractivity (Wildman–Crippen MR) is 74.2 cm³/mol. The van der Waals surface area contributed by atoms with E-state index >= 15 is 0 Å². The van der Waals surface area contributed by atoms with Crippen LogP contribution in [0.5, 0.6) is 0 Å². The van der Waals surface area contributed by atoms with Gasteiger partial charge in [0.2, 0.25) is 5.91 Å². The molecule has 0 saturated heterocycles. The van der Waals surface area contributed by atoms with E-state index in [-0.39, 0.29) is 11.5 Å². The maximum Gasteiger partial charge on any atom is 0.335 e. The molecule has 0 spiro atoms. The van der Waals surface area contributed by atoms with Crippen molar-refractivity contribution in [2.75, 3.05) is 11.9 Å². The summed E-state index contributed by atoms with van der Waals surface area (Å²) in [6.45, 7) is 4.37. The molecule has 1 aromatic rings. The van der Waals surface area contributed by atoms with Crippen molar-refractivity contribution in [3.05, 3.63) is 29.3 Å². The lowest BCUT2D eigenvalue weighted by molar-refractivity contribution is -0.116. The van der Waals surface area contributed by atoms with Crippen molar-refractivity contribution in [2.24, 2.45) is 11.7 Å². The second-order valence-corrected chi connectivity index (χ2v) is 4.76. The second-order valence-electron chi connectivity index (χ2n) is 4.76. The zero-order chi connectivity index (χ0) is 14.4. The van der Waals surface area contributed by atoms with E-state index in [1.807, 2.05) is 13.8 Å². The second kappa shape index (κ2) is 6.89. The third-order valence-electron chi connectivity index (χ3n) is 3.03. The third kappa shape index (κ3) is 4.71. The van der Waals surface area contributed by atoms with Crippen molar-refractivity contribution in [3.8, 4) is 0 Å². The minimum atomic E-state index is -1.01. The summed E-state index contributed by atoms with van der Waals surface area (Å²) in [5.74, 6) is -0.824. The molecule has 5 heteroatoms. The average Bonchev–Trinajstić information content (AvgIpc) is 2.38. The van der Waals surface area contributed by atoms with Crippen LogP contribution in [0.3, 0.4) is 0 Å². The van der Waals surface area contributed by atoms with Crippen molar-refractivity contribution in [1.82, 2.24) is 0 Å². The van der Waals surface area contributed by atoms with Crippen molar-refractivity contribution < 1.29 is 14.7 Å². The highest BCUT2D eigenvalue weighted by Crippen LogP contribution is 2.17. The molecule has 1 aromatic carbocycles. The van der Waals surface area contributed by atoms with Gasteiger partial charge in [0.1, 0.15) is 0 Å². The van der Waals surface area contributed by atoms with Gasteiger partial charge in [-0.05, 0) is 43.5 Å². The molecule has 0 radical (unpaired) electrons. The number of nitrogens with one attached hydrogen (secondary N) is 1. The summed E-state index contributed by atoms with van der Waals surface area (Å²) in [6.07, 6.45) is 1.11. The van der Waals surface area contributed by atoms with E-state index in [0.29, 0.717) is 24.6 Å². The molecule has 0 aliphatic carbocycles. The lowest BCUT2D eigenvalue weighted by Crippen LogP contribution is -2.17. The number of carboxylic acids is 1. The fourth-order valence-electron chi connectivity index (χ4n) is 1.60. The molecule has 0 saturated carbocycles. The normalized spacial score (nSPS) is 11.9. The molecule has 0 fully saturated rings. The largest absolute Gasteiger partial charge is 0.478 e. The maximum absolute atomic E-state index is 11.8. The highest BCUT2D eigenvalue weighted by Gasteiger charge is 2.10. The first-order valence-corrected chi connectivity index (χ1v) is 6.28. The Hall–Kier alpha value is -1.88. The van der Waals surface area contributed by atoms with Gasteiger partial charge in [-0.3, -0.25) is 4.79 Å². The van der Waals surface area contributed by atoms with Gasteiger partial charge >= 0.3 is 5.97 Å². The molecule has 0 aromatic heterocycles. The average molecular weight is 264 g/mol. The summed E-state index contributed by atoms with van der Waals surface area (Å²) in [7, 11) is 0. The van der Waals surface area contributed by atoms with Crippen LogP contribution < -0.4 is 11.1 Å². The number of carbonyl (C=O) groups is 2. The smallest absolute Gasteiger partial charge is 0.335 e. The summed E-state index contributed by atoms with van der Waals surface area (Å²) in [6, 6.07) is 4.67. The summed E-state index contributed by atoms with van der Waals surface area (Å²) >= 11 is 0. The van der Waals surface area contributed by atoms with Crippen molar-refractivity contribution in [1.29, 1.82) is 0 Å². The fourth-order valence-corrected chi connectivity index (χ4v) is 1.60. The van der Waals surface area contributed by atoms with Crippen LogP contribution in [-0.4, -0.2) is 23.5 Å². The molecular weight excluding hydrogens is 244 g/mol. The molecule has 1 amide bonds. The molecule has 0 aliphatic rings. The third-order valence-corrected chi connectivity index (χ3v) is 3.03. The number of benzene rings is 1. The van der Waals surface area contributed by atoms with E-state index in [4.69, 9.17) is 10.8 Å². The molecular formula is C14H20N2O3. The van der Waals surface area contributed by atoms with Gasteiger partial charge in [0.25, 0.3) is 0 Å². The number of anilines is 1. The molecule has 104 valence electrons. The van der Waals surface area contributed by atoms with Crippen LogP contribution in [0.1, 0.15) is 35.7 Å². The molecule has 1 rings (SSSR count). The SMILES string of the molecule is Cc1ccc(C(=O)O)cc1NC(=O)CCC(C)CN. The van der Waals surface area contributed by atoms with Crippen molar-refractivity contribution in [3.63, 3.8) is 0 Å². The Balaban J connectivity index is 2.68. The molecule has 0 heterocycles. The van der Waals surface area contributed by atoms with E-state index in [9.17, 15) is 9.59 Å². The zero-order valence-corrected chi connectivity index (χ0v) is 11.3. The molecule has 0 bridgehead atoms. The van der Waals surface area contributed by atoms with Crippen molar-refractivity contribution >= 4 is 17.6 Å². The Labute approximate surface area is 112 Å². The number of nitrogens with two attached hydrogens (primary N) is 1. The number of rotatable bonds is 6. The summed E-state index contributed by atoms with van der Waals surface area (Å²) in [5, 5.41) is 11.7. The number of amides is 1. The first kappa shape index (κ1) is 15.2. The molecule has 0 aliphatic heterocycles. The molecule has 1 atom stereocenters. The number of aryl methyl sites for hydroxylation is 1. The van der Waals surface area contributed by atoms with Crippen LogP contribution in [0.15, 0.2) is 18.2 Å². The van der Waals surface area contributed by atoms with E-state index in [1.54, 1.807) is 6.07 Å². The van der Waals surface area contributed by atoms with Gasteiger partial charge in [-0.15, -0.1) is 0 Å². The first-order chi connectivity index (χ1) is 8.93.